The minimum Gasteiger partial charge on any atom is -0.481 e. The van der Waals surface area contributed by atoms with E-state index in [2.05, 4.69) is 4.90 Å². The fourth-order valence-corrected chi connectivity index (χ4v) is 2.59. The summed E-state index contributed by atoms with van der Waals surface area (Å²) in [5.74, 6) is -1.03. The van der Waals surface area contributed by atoms with Crippen molar-refractivity contribution in [1.82, 2.24) is 4.90 Å². The van der Waals surface area contributed by atoms with Crippen molar-refractivity contribution in [3.8, 4) is 0 Å². The van der Waals surface area contributed by atoms with Gasteiger partial charge in [0.15, 0.2) is 0 Å². The molecule has 6 nitrogen and oxygen atoms in total. The molecule has 0 spiro atoms. The second-order valence-corrected chi connectivity index (χ2v) is 5.33. The fraction of sp³-hybridized carbons (Fsp3) is 0.500. The second-order valence-electron chi connectivity index (χ2n) is 5.33. The number of nitro groups is 1. The summed E-state index contributed by atoms with van der Waals surface area (Å²) in [6, 6.07) is 6.63. The molecule has 108 valence electrons. The van der Waals surface area contributed by atoms with Crippen LogP contribution in [0, 0.1) is 22.0 Å². The van der Waals surface area contributed by atoms with Gasteiger partial charge in [-0.3, -0.25) is 19.8 Å². The molecule has 1 fully saturated rings. The van der Waals surface area contributed by atoms with Crippen LogP contribution in [0.5, 0.6) is 0 Å². The quantitative estimate of drug-likeness (QED) is 0.660. The van der Waals surface area contributed by atoms with E-state index in [1.54, 1.807) is 25.1 Å². The molecule has 1 aliphatic heterocycles. The van der Waals surface area contributed by atoms with Gasteiger partial charge in [-0.25, -0.2) is 0 Å². The molecular weight excluding hydrogens is 260 g/mol. The average Bonchev–Trinajstić information content (AvgIpc) is 2.36. The number of benzene rings is 1. The van der Waals surface area contributed by atoms with Crippen molar-refractivity contribution in [1.29, 1.82) is 0 Å². The highest BCUT2D eigenvalue weighted by Gasteiger charge is 2.38. The monoisotopic (exact) mass is 278 g/mol. The van der Waals surface area contributed by atoms with Crippen molar-refractivity contribution in [3.05, 3.63) is 39.9 Å². The summed E-state index contributed by atoms with van der Waals surface area (Å²) in [6.45, 7) is 4.96. The van der Waals surface area contributed by atoms with Crippen LogP contribution in [0.15, 0.2) is 24.3 Å². The van der Waals surface area contributed by atoms with E-state index in [0.29, 0.717) is 18.7 Å². The number of carboxylic acids is 1. The number of likely N-dealkylation sites (tertiary alicyclic amines) is 1. The van der Waals surface area contributed by atoms with Gasteiger partial charge in [0, 0.05) is 30.8 Å². The summed E-state index contributed by atoms with van der Waals surface area (Å²) >= 11 is 0. The molecule has 20 heavy (non-hydrogen) atoms. The molecular formula is C14H18N2O4. The lowest BCUT2D eigenvalue weighted by Crippen LogP contribution is -2.51. The van der Waals surface area contributed by atoms with Crippen molar-refractivity contribution < 1.29 is 14.8 Å². The fourth-order valence-electron chi connectivity index (χ4n) is 2.59. The Bertz CT molecular complexity index is 526. The van der Waals surface area contributed by atoms with Gasteiger partial charge in [-0.05, 0) is 12.8 Å². The van der Waals surface area contributed by atoms with Crippen LogP contribution in [0.4, 0.5) is 5.69 Å². The number of carboxylic acid groups (broad SMARTS) is 1. The first-order chi connectivity index (χ1) is 9.41. The molecule has 0 saturated carbocycles. The van der Waals surface area contributed by atoms with Crippen LogP contribution in [-0.4, -0.2) is 34.0 Å². The number of carbonyl (C=O) groups is 1. The largest absolute Gasteiger partial charge is 0.481 e. The normalized spacial score (nSPS) is 19.1. The summed E-state index contributed by atoms with van der Waals surface area (Å²) < 4.78 is 0. The molecule has 0 amide bonds. The zero-order valence-electron chi connectivity index (χ0n) is 11.5. The molecule has 1 aliphatic rings. The van der Waals surface area contributed by atoms with E-state index in [0.717, 1.165) is 0 Å². The zero-order chi connectivity index (χ0) is 14.9. The first kappa shape index (κ1) is 14.5. The zero-order valence-corrected chi connectivity index (χ0v) is 11.5. The van der Waals surface area contributed by atoms with Crippen molar-refractivity contribution in [2.75, 3.05) is 13.1 Å². The molecule has 2 atom stereocenters. The Morgan fingerprint density at radius 3 is 2.55 bits per heavy atom. The minimum absolute atomic E-state index is 0.0751. The topological polar surface area (TPSA) is 83.7 Å². The molecule has 1 saturated heterocycles. The van der Waals surface area contributed by atoms with E-state index in [1.807, 2.05) is 6.92 Å². The number of rotatable bonds is 5. The van der Waals surface area contributed by atoms with Gasteiger partial charge in [-0.1, -0.05) is 25.1 Å². The van der Waals surface area contributed by atoms with Crippen LogP contribution in [0.3, 0.4) is 0 Å². The van der Waals surface area contributed by atoms with Gasteiger partial charge in [0.05, 0.1) is 10.8 Å². The predicted molar refractivity (Wildman–Crippen MR) is 73.4 cm³/mol. The molecule has 2 unspecified atom stereocenters. The van der Waals surface area contributed by atoms with Gasteiger partial charge < -0.3 is 5.11 Å². The summed E-state index contributed by atoms with van der Waals surface area (Å²) in [5, 5.41) is 20.0. The van der Waals surface area contributed by atoms with E-state index in [-0.39, 0.29) is 28.5 Å². The van der Waals surface area contributed by atoms with Crippen LogP contribution in [0.1, 0.15) is 25.5 Å². The number of hydrogen-bond donors (Lipinski definition) is 1. The number of nitrogens with zero attached hydrogens (tertiary/aromatic N) is 2. The van der Waals surface area contributed by atoms with Gasteiger partial charge in [-0.2, -0.15) is 0 Å². The lowest BCUT2D eigenvalue weighted by Gasteiger charge is -2.44. The Kier molecular flexibility index (Phi) is 4.04. The van der Waals surface area contributed by atoms with Gasteiger partial charge in [0.25, 0.3) is 5.69 Å². The molecule has 1 aromatic rings. The maximum atomic E-state index is 11.0. The highest BCUT2D eigenvalue weighted by atomic mass is 16.6. The number of hydrogen-bond acceptors (Lipinski definition) is 4. The Balaban J connectivity index is 2.06. The van der Waals surface area contributed by atoms with Gasteiger partial charge in [0.2, 0.25) is 0 Å². The van der Waals surface area contributed by atoms with Gasteiger partial charge in [0.1, 0.15) is 0 Å². The summed E-state index contributed by atoms with van der Waals surface area (Å²) in [5.41, 5.74) is 0.800. The van der Waals surface area contributed by atoms with Crippen molar-refractivity contribution in [2.45, 2.75) is 19.9 Å². The van der Waals surface area contributed by atoms with Crippen molar-refractivity contribution in [3.63, 3.8) is 0 Å². The Morgan fingerprint density at radius 1 is 1.40 bits per heavy atom. The minimum atomic E-state index is -0.784. The number of para-hydroxylation sites is 1. The van der Waals surface area contributed by atoms with E-state index >= 15 is 0 Å². The summed E-state index contributed by atoms with van der Waals surface area (Å²) in [6.07, 6.45) is 0. The van der Waals surface area contributed by atoms with Gasteiger partial charge >= 0.3 is 5.97 Å². The van der Waals surface area contributed by atoms with Crippen LogP contribution in [0.2, 0.25) is 0 Å². The van der Waals surface area contributed by atoms with Crippen molar-refractivity contribution >= 4 is 11.7 Å². The molecule has 0 aromatic heterocycles. The Hall–Kier alpha value is -1.95. The molecule has 1 aromatic carbocycles. The predicted octanol–water partition coefficient (Wildman–Crippen LogP) is 2.31. The molecule has 0 aliphatic carbocycles. The highest BCUT2D eigenvalue weighted by molar-refractivity contribution is 5.70. The number of aliphatic carboxylic acids is 1. The van der Waals surface area contributed by atoms with E-state index in [1.165, 1.54) is 6.07 Å². The van der Waals surface area contributed by atoms with E-state index in [9.17, 15) is 14.9 Å². The van der Waals surface area contributed by atoms with E-state index in [4.69, 9.17) is 5.11 Å². The number of nitro benzene ring substituents is 1. The molecule has 0 radical (unpaired) electrons. The molecule has 1 heterocycles. The van der Waals surface area contributed by atoms with Gasteiger partial charge in [-0.15, -0.1) is 0 Å². The molecule has 1 N–H and O–H groups in total. The standard InChI is InChI=1S/C14H18N2O4/c1-9(14(17)18)11-7-15(8-11)10(2)12-5-3-4-6-13(12)16(19)20/h3-6,9-11H,7-8H2,1-2H3,(H,17,18). The summed E-state index contributed by atoms with van der Waals surface area (Å²) in [7, 11) is 0. The third kappa shape index (κ3) is 2.65. The van der Waals surface area contributed by atoms with Crippen LogP contribution in [-0.2, 0) is 4.79 Å². The van der Waals surface area contributed by atoms with E-state index < -0.39 is 5.97 Å². The maximum Gasteiger partial charge on any atom is 0.306 e. The Morgan fingerprint density at radius 2 is 2.00 bits per heavy atom. The third-order valence-corrected chi connectivity index (χ3v) is 4.17. The first-order valence-electron chi connectivity index (χ1n) is 6.62. The second kappa shape index (κ2) is 5.58. The smallest absolute Gasteiger partial charge is 0.306 e. The lowest BCUT2D eigenvalue weighted by atomic mass is 9.85. The van der Waals surface area contributed by atoms with Crippen LogP contribution in [0.25, 0.3) is 0 Å². The first-order valence-corrected chi connectivity index (χ1v) is 6.62. The highest BCUT2D eigenvalue weighted by Crippen LogP contribution is 2.35. The van der Waals surface area contributed by atoms with Crippen LogP contribution >= 0.6 is 0 Å². The third-order valence-electron chi connectivity index (χ3n) is 4.17. The molecule has 0 bridgehead atoms. The van der Waals surface area contributed by atoms with Crippen molar-refractivity contribution in [2.24, 2.45) is 11.8 Å². The summed E-state index contributed by atoms with van der Waals surface area (Å²) in [4.78, 5) is 23.6. The van der Waals surface area contributed by atoms with Crippen LogP contribution < -0.4 is 0 Å². The lowest BCUT2D eigenvalue weighted by molar-refractivity contribution is -0.386. The maximum absolute atomic E-state index is 11.0. The SMILES string of the molecule is CC(C(=O)O)C1CN(C(C)c2ccccc2[N+](=O)[O-])C1. The average molecular weight is 278 g/mol. The molecule has 2 rings (SSSR count). The Labute approximate surface area is 117 Å². The molecule has 6 heteroatoms.